The van der Waals surface area contributed by atoms with Gasteiger partial charge in [-0.3, -0.25) is 9.20 Å². The van der Waals surface area contributed by atoms with Gasteiger partial charge < -0.3 is 11.5 Å². The maximum atomic E-state index is 11.1. The second-order valence-electron chi connectivity index (χ2n) is 2.64. The Morgan fingerprint density at radius 1 is 1.31 bits per heavy atom. The molecular weight excluding hydrogens is 168 g/mol. The summed E-state index contributed by atoms with van der Waals surface area (Å²) in [6.45, 7) is 0. The molecule has 0 radical (unpaired) electrons. The predicted octanol–water partition coefficient (Wildman–Crippen LogP) is -0.141. The molecule has 0 amide bonds. The lowest BCUT2D eigenvalue weighted by Gasteiger charge is -2.04. The maximum Gasteiger partial charge on any atom is 0.298 e. The zero-order chi connectivity index (χ0) is 9.42. The number of hydrogen-bond donors (Lipinski definition) is 2. The summed E-state index contributed by atoms with van der Waals surface area (Å²) in [6, 6.07) is 5.25. The molecule has 2 heterocycles. The van der Waals surface area contributed by atoms with Crippen LogP contribution >= 0.6 is 0 Å². The van der Waals surface area contributed by atoms with E-state index in [4.69, 9.17) is 11.5 Å². The van der Waals surface area contributed by atoms with Crippen molar-refractivity contribution in [3.8, 4) is 0 Å². The van der Waals surface area contributed by atoms with Crippen LogP contribution in [0.3, 0.4) is 0 Å². The Bertz CT molecular complexity index is 517. The first kappa shape index (κ1) is 7.60. The van der Waals surface area contributed by atoms with Gasteiger partial charge in [0.1, 0.15) is 17.2 Å². The van der Waals surface area contributed by atoms with Gasteiger partial charge in [0.15, 0.2) is 0 Å². The highest BCUT2D eigenvalue weighted by Gasteiger charge is 2.04. The average Bonchev–Trinajstić information content (AvgIpc) is 2.15. The van der Waals surface area contributed by atoms with Crippen molar-refractivity contribution in [3.63, 3.8) is 0 Å². The van der Waals surface area contributed by atoms with E-state index in [0.29, 0.717) is 5.65 Å². The molecule has 13 heavy (non-hydrogen) atoms. The maximum absolute atomic E-state index is 11.1. The van der Waals surface area contributed by atoms with Crippen LogP contribution in [0.2, 0.25) is 0 Å². The highest BCUT2D eigenvalue weighted by Crippen LogP contribution is 2.09. The third-order valence-electron chi connectivity index (χ3n) is 1.82. The van der Waals surface area contributed by atoms with Crippen molar-refractivity contribution in [1.29, 1.82) is 0 Å². The molecule has 0 saturated carbocycles. The standard InChI is InChI=1S/C8H8N4O/c9-6-7(10)12-4-2-1-3-5(12)11-8(6)13/h1-4H,9-10H2. The molecule has 0 spiro atoms. The number of nitrogens with two attached hydrogens (primary N) is 2. The van der Waals surface area contributed by atoms with Crippen molar-refractivity contribution in [2.45, 2.75) is 0 Å². The van der Waals surface area contributed by atoms with Gasteiger partial charge in [0.25, 0.3) is 5.56 Å². The molecule has 0 aromatic carbocycles. The van der Waals surface area contributed by atoms with E-state index in [1.54, 1.807) is 28.8 Å². The van der Waals surface area contributed by atoms with Crippen LogP contribution < -0.4 is 17.0 Å². The summed E-state index contributed by atoms with van der Waals surface area (Å²) in [7, 11) is 0. The van der Waals surface area contributed by atoms with E-state index in [0.717, 1.165) is 0 Å². The summed E-state index contributed by atoms with van der Waals surface area (Å²) in [6.07, 6.45) is 1.70. The quantitative estimate of drug-likeness (QED) is 0.584. The molecule has 2 rings (SSSR count). The fourth-order valence-corrected chi connectivity index (χ4v) is 1.13. The monoisotopic (exact) mass is 176 g/mol. The summed E-state index contributed by atoms with van der Waals surface area (Å²) >= 11 is 0. The molecule has 0 atom stereocenters. The average molecular weight is 176 g/mol. The Labute approximate surface area is 73.6 Å². The number of nitrogens with zero attached hydrogens (tertiary/aromatic N) is 2. The molecule has 0 saturated heterocycles. The van der Waals surface area contributed by atoms with Crippen molar-refractivity contribution >= 4 is 17.2 Å². The molecule has 0 aliphatic rings. The van der Waals surface area contributed by atoms with E-state index < -0.39 is 5.56 Å². The minimum Gasteiger partial charge on any atom is -0.391 e. The molecule has 5 heteroatoms. The van der Waals surface area contributed by atoms with Gasteiger partial charge >= 0.3 is 0 Å². The van der Waals surface area contributed by atoms with Gasteiger partial charge in [-0.2, -0.15) is 4.98 Å². The lowest BCUT2D eigenvalue weighted by molar-refractivity contribution is 1.09. The summed E-state index contributed by atoms with van der Waals surface area (Å²) < 4.78 is 1.57. The fraction of sp³-hybridized carbons (Fsp3) is 0. The number of hydrogen-bond acceptors (Lipinski definition) is 4. The third kappa shape index (κ3) is 1.01. The third-order valence-corrected chi connectivity index (χ3v) is 1.82. The van der Waals surface area contributed by atoms with Crippen molar-refractivity contribution < 1.29 is 0 Å². The van der Waals surface area contributed by atoms with Crippen LogP contribution in [0.25, 0.3) is 5.65 Å². The first-order chi connectivity index (χ1) is 6.20. The van der Waals surface area contributed by atoms with Crippen LogP contribution in [-0.4, -0.2) is 9.38 Å². The van der Waals surface area contributed by atoms with Crippen molar-refractivity contribution in [1.82, 2.24) is 9.38 Å². The van der Waals surface area contributed by atoms with E-state index in [2.05, 4.69) is 4.98 Å². The van der Waals surface area contributed by atoms with Gasteiger partial charge in [0, 0.05) is 6.20 Å². The Hall–Kier alpha value is -2.04. The smallest absolute Gasteiger partial charge is 0.298 e. The number of anilines is 2. The van der Waals surface area contributed by atoms with Gasteiger partial charge in [-0.15, -0.1) is 0 Å². The SMILES string of the molecule is Nc1c(N)n2ccccc2nc1=O. The Kier molecular flexibility index (Phi) is 1.45. The van der Waals surface area contributed by atoms with Gasteiger partial charge in [-0.25, -0.2) is 0 Å². The predicted molar refractivity (Wildman–Crippen MR) is 50.3 cm³/mol. The van der Waals surface area contributed by atoms with E-state index in [9.17, 15) is 4.79 Å². The van der Waals surface area contributed by atoms with Crippen LogP contribution in [0, 0.1) is 0 Å². The van der Waals surface area contributed by atoms with Gasteiger partial charge in [-0.1, -0.05) is 6.07 Å². The molecular formula is C8H8N4O. The minimum atomic E-state index is -0.483. The second kappa shape index (κ2) is 2.48. The molecule has 0 bridgehead atoms. The number of nitrogen functional groups attached to an aromatic ring is 2. The number of fused-ring (bicyclic) bond motifs is 1. The highest BCUT2D eigenvalue weighted by molar-refractivity contribution is 5.61. The first-order valence-corrected chi connectivity index (χ1v) is 3.72. The summed E-state index contributed by atoms with van der Waals surface area (Å²) in [5.41, 5.74) is 11.1. The lowest BCUT2D eigenvalue weighted by Crippen LogP contribution is -2.18. The Morgan fingerprint density at radius 3 is 2.85 bits per heavy atom. The summed E-state index contributed by atoms with van der Waals surface area (Å²) in [4.78, 5) is 14.9. The lowest BCUT2D eigenvalue weighted by atomic mass is 10.4. The van der Waals surface area contributed by atoms with Crippen molar-refractivity contribution in [2.75, 3.05) is 11.5 Å². The van der Waals surface area contributed by atoms with Crippen molar-refractivity contribution in [2.24, 2.45) is 0 Å². The molecule has 0 aliphatic heterocycles. The largest absolute Gasteiger partial charge is 0.391 e. The zero-order valence-electron chi connectivity index (χ0n) is 6.77. The van der Waals surface area contributed by atoms with Crippen LogP contribution in [0.4, 0.5) is 11.5 Å². The van der Waals surface area contributed by atoms with E-state index in [1.807, 2.05) is 0 Å². The van der Waals surface area contributed by atoms with Crippen molar-refractivity contribution in [3.05, 3.63) is 34.7 Å². The molecule has 2 aromatic heterocycles. The molecule has 4 N–H and O–H groups in total. The number of aromatic nitrogens is 2. The second-order valence-corrected chi connectivity index (χ2v) is 2.64. The Morgan fingerprint density at radius 2 is 2.08 bits per heavy atom. The molecule has 2 aromatic rings. The van der Waals surface area contributed by atoms with Gasteiger partial charge in [-0.05, 0) is 12.1 Å². The van der Waals surface area contributed by atoms with Crippen LogP contribution in [-0.2, 0) is 0 Å². The van der Waals surface area contributed by atoms with Gasteiger partial charge in [0.05, 0.1) is 0 Å². The summed E-state index contributed by atoms with van der Waals surface area (Å²) in [5.74, 6) is 0.232. The molecule has 0 fully saturated rings. The number of pyridine rings is 1. The van der Waals surface area contributed by atoms with E-state index in [1.165, 1.54) is 0 Å². The van der Waals surface area contributed by atoms with Crippen LogP contribution in [0.15, 0.2) is 29.2 Å². The normalized spacial score (nSPS) is 10.5. The molecule has 0 unspecified atom stereocenters. The highest BCUT2D eigenvalue weighted by atomic mass is 16.1. The van der Waals surface area contributed by atoms with Crippen LogP contribution in [0.5, 0.6) is 0 Å². The van der Waals surface area contributed by atoms with Gasteiger partial charge in [0.2, 0.25) is 0 Å². The number of rotatable bonds is 0. The Balaban J connectivity index is 3.02. The van der Waals surface area contributed by atoms with E-state index in [-0.39, 0.29) is 11.5 Å². The van der Waals surface area contributed by atoms with Crippen LogP contribution in [0.1, 0.15) is 0 Å². The minimum absolute atomic E-state index is 0.0105. The molecule has 66 valence electrons. The molecule has 5 nitrogen and oxygen atoms in total. The summed E-state index contributed by atoms with van der Waals surface area (Å²) in [5, 5.41) is 0. The topological polar surface area (TPSA) is 86.4 Å². The zero-order valence-corrected chi connectivity index (χ0v) is 6.77. The van der Waals surface area contributed by atoms with E-state index >= 15 is 0 Å². The molecule has 0 aliphatic carbocycles. The first-order valence-electron chi connectivity index (χ1n) is 3.72. The fourth-order valence-electron chi connectivity index (χ4n) is 1.13.